The number of carbonyl (C=O) groups excluding carboxylic acids is 1. The van der Waals surface area contributed by atoms with E-state index in [1.165, 1.54) is 12.1 Å². The molecule has 108 valence electrons. The van der Waals surface area contributed by atoms with Crippen LogP contribution >= 0.6 is 0 Å². The molecule has 0 atom stereocenters. The summed E-state index contributed by atoms with van der Waals surface area (Å²) in [5, 5.41) is 8.87. The first kappa shape index (κ1) is 13.8. The Morgan fingerprint density at radius 3 is 1.91 bits per heavy atom. The van der Waals surface area contributed by atoms with Crippen LogP contribution in [0.25, 0.3) is 11.1 Å². The van der Waals surface area contributed by atoms with E-state index in [4.69, 9.17) is 5.11 Å². The lowest BCUT2D eigenvalue weighted by molar-refractivity contribution is 0.0691. The number of nitrogens with one attached hydrogen (secondary N) is 1. The average molecular weight is 291 g/mol. The minimum atomic E-state index is -1.08. The van der Waals surface area contributed by atoms with Gasteiger partial charge in [0, 0.05) is 5.56 Å². The van der Waals surface area contributed by atoms with E-state index in [-0.39, 0.29) is 17.2 Å². The first-order chi connectivity index (χ1) is 10.6. The lowest BCUT2D eigenvalue weighted by Gasteiger charge is -2.03. The molecular formula is C18H13NO3. The number of carboxylic acids is 1. The molecule has 0 aliphatic carbocycles. The van der Waals surface area contributed by atoms with Gasteiger partial charge in [-0.05, 0) is 23.3 Å². The topological polar surface area (TPSA) is 70.2 Å². The number of carboxylic acid groups (broad SMARTS) is 1. The molecule has 0 fully saturated rings. The monoisotopic (exact) mass is 291 g/mol. The fraction of sp³-hybridized carbons (Fsp3) is 0. The summed E-state index contributed by atoms with van der Waals surface area (Å²) in [6, 6.07) is 20.0. The van der Waals surface area contributed by atoms with Crippen molar-refractivity contribution in [3.8, 4) is 11.1 Å². The fourth-order valence-electron chi connectivity index (χ4n) is 2.25. The lowest BCUT2D eigenvalue weighted by atomic mass is 10.0. The van der Waals surface area contributed by atoms with Crippen molar-refractivity contribution >= 4 is 11.8 Å². The summed E-state index contributed by atoms with van der Waals surface area (Å²) in [6.45, 7) is 0. The van der Waals surface area contributed by atoms with Gasteiger partial charge in [-0.15, -0.1) is 0 Å². The molecule has 0 radical (unpaired) electrons. The number of aromatic carboxylic acids is 1. The van der Waals surface area contributed by atoms with Crippen LogP contribution in [0.5, 0.6) is 0 Å². The van der Waals surface area contributed by atoms with Crippen molar-refractivity contribution in [3.05, 3.63) is 83.7 Å². The van der Waals surface area contributed by atoms with E-state index in [1.807, 2.05) is 42.5 Å². The van der Waals surface area contributed by atoms with Gasteiger partial charge >= 0.3 is 5.97 Å². The number of aromatic amines is 1. The number of rotatable bonds is 4. The number of H-pyrrole nitrogens is 1. The molecule has 1 aromatic heterocycles. The summed E-state index contributed by atoms with van der Waals surface area (Å²) in [4.78, 5) is 25.7. The molecule has 0 aliphatic heterocycles. The molecule has 1 heterocycles. The molecule has 0 aliphatic rings. The third-order valence-electron chi connectivity index (χ3n) is 3.42. The number of carbonyl (C=O) groups is 2. The van der Waals surface area contributed by atoms with Gasteiger partial charge in [0.15, 0.2) is 0 Å². The van der Waals surface area contributed by atoms with E-state index in [1.54, 1.807) is 12.1 Å². The maximum Gasteiger partial charge on any atom is 0.352 e. The van der Waals surface area contributed by atoms with Crippen LogP contribution in [-0.4, -0.2) is 21.8 Å². The number of aromatic nitrogens is 1. The molecule has 0 unspecified atom stereocenters. The predicted octanol–water partition coefficient (Wildman–Crippen LogP) is 3.61. The smallest absolute Gasteiger partial charge is 0.352 e. The Morgan fingerprint density at radius 2 is 1.32 bits per heavy atom. The van der Waals surface area contributed by atoms with Gasteiger partial charge < -0.3 is 10.1 Å². The minimum Gasteiger partial charge on any atom is -0.477 e. The molecule has 3 rings (SSSR count). The first-order valence-electron chi connectivity index (χ1n) is 6.77. The second-order valence-corrected chi connectivity index (χ2v) is 4.86. The zero-order valence-corrected chi connectivity index (χ0v) is 11.6. The number of benzene rings is 2. The van der Waals surface area contributed by atoms with Crippen LogP contribution in [0, 0.1) is 0 Å². The molecule has 0 saturated carbocycles. The van der Waals surface area contributed by atoms with E-state index in [0.29, 0.717) is 5.56 Å². The minimum absolute atomic E-state index is 0.00394. The largest absolute Gasteiger partial charge is 0.477 e. The van der Waals surface area contributed by atoms with Gasteiger partial charge in [-0.2, -0.15) is 0 Å². The summed E-state index contributed by atoms with van der Waals surface area (Å²) in [7, 11) is 0. The third kappa shape index (κ3) is 2.67. The van der Waals surface area contributed by atoms with Crippen LogP contribution in [0.1, 0.15) is 26.5 Å². The van der Waals surface area contributed by atoms with Crippen molar-refractivity contribution in [1.29, 1.82) is 0 Å². The highest BCUT2D eigenvalue weighted by molar-refractivity contribution is 6.08. The first-order valence-corrected chi connectivity index (χ1v) is 6.77. The second-order valence-electron chi connectivity index (χ2n) is 4.86. The van der Waals surface area contributed by atoms with Crippen molar-refractivity contribution in [2.24, 2.45) is 0 Å². The maximum absolute atomic E-state index is 12.3. The van der Waals surface area contributed by atoms with Crippen LogP contribution < -0.4 is 0 Å². The highest BCUT2D eigenvalue weighted by Crippen LogP contribution is 2.20. The number of ketones is 1. The van der Waals surface area contributed by atoms with Crippen LogP contribution in [0.15, 0.2) is 66.7 Å². The Bertz CT molecular complexity index is 817. The summed E-state index contributed by atoms with van der Waals surface area (Å²) in [5.74, 6) is -1.31. The van der Waals surface area contributed by atoms with Crippen molar-refractivity contribution in [1.82, 2.24) is 4.98 Å². The fourth-order valence-corrected chi connectivity index (χ4v) is 2.25. The highest BCUT2D eigenvalue weighted by Gasteiger charge is 2.13. The second kappa shape index (κ2) is 5.69. The van der Waals surface area contributed by atoms with E-state index < -0.39 is 5.97 Å². The Morgan fingerprint density at radius 1 is 0.727 bits per heavy atom. The molecule has 0 bridgehead atoms. The maximum atomic E-state index is 12.3. The Balaban J connectivity index is 1.86. The van der Waals surface area contributed by atoms with Gasteiger partial charge in [0.1, 0.15) is 5.69 Å². The number of hydrogen-bond acceptors (Lipinski definition) is 2. The van der Waals surface area contributed by atoms with Crippen molar-refractivity contribution < 1.29 is 14.7 Å². The lowest BCUT2D eigenvalue weighted by Crippen LogP contribution is -2.03. The van der Waals surface area contributed by atoms with Gasteiger partial charge in [0.25, 0.3) is 0 Å². The molecule has 0 spiro atoms. The normalized spacial score (nSPS) is 10.4. The predicted molar refractivity (Wildman–Crippen MR) is 83.1 cm³/mol. The van der Waals surface area contributed by atoms with Gasteiger partial charge in [0.05, 0.1) is 5.69 Å². The quantitative estimate of drug-likeness (QED) is 0.721. The summed E-state index contributed by atoms with van der Waals surface area (Å²) in [6.07, 6.45) is 0. The molecule has 0 amide bonds. The van der Waals surface area contributed by atoms with Crippen LogP contribution in [-0.2, 0) is 0 Å². The van der Waals surface area contributed by atoms with Crippen LogP contribution in [0.2, 0.25) is 0 Å². The zero-order valence-electron chi connectivity index (χ0n) is 11.6. The van der Waals surface area contributed by atoms with E-state index in [0.717, 1.165) is 11.1 Å². The third-order valence-corrected chi connectivity index (χ3v) is 3.42. The van der Waals surface area contributed by atoms with E-state index in [9.17, 15) is 9.59 Å². The highest BCUT2D eigenvalue weighted by atomic mass is 16.4. The van der Waals surface area contributed by atoms with Gasteiger partial charge in [-0.3, -0.25) is 4.79 Å². The molecule has 2 aromatic carbocycles. The van der Waals surface area contributed by atoms with Gasteiger partial charge in [-0.25, -0.2) is 4.79 Å². The van der Waals surface area contributed by atoms with E-state index in [2.05, 4.69) is 4.98 Å². The Hall–Kier alpha value is -3.14. The molecule has 0 saturated heterocycles. The van der Waals surface area contributed by atoms with Crippen LogP contribution in [0.4, 0.5) is 0 Å². The molecule has 2 N–H and O–H groups in total. The molecular weight excluding hydrogens is 278 g/mol. The summed E-state index contributed by atoms with van der Waals surface area (Å²) in [5.41, 5.74) is 2.89. The SMILES string of the molecule is O=C(O)c1ccc(C(=O)c2ccc(-c3ccccc3)cc2)[nH]1. The van der Waals surface area contributed by atoms with Gasteiger partial charge in [0.2, 0.25) is 5.78 Å². The van der Waals surface area contributed by atoms with Gasteiger partial charge in [-0.1, -0.05) is 54.6 Å². The summed E-state index contributed by atoms with van der Waals surface area (Å²) < 4.78 is 0. The molecule has 4 heteroatoms. The molecule has 3 aromatic rings. The molecule has 4 nitrogen and oxygen atoms in total. The Kier molecular flexibility index (Phi) is 3.58. The summed E-state index contributed by atoms with van der Waals surface area (Å²) >= 11 is 0. The van der Waals surface area contributed by atoms with Crippen molar-refractivity contribution in [3.63, 3.8) is 0 Å². The Labute approximate surface area is 127 Å². The standard InChI is InChI=1S/C18H13NO3/c20-17(15-10-11-16(19-15)18(21)22)14-8-6-13(7-9-14)12-4-2-1-3-5-12/h1-11,19H,(H,21,22). The van der Waals surface area contributed by atoms with E-state index >= 15 is 0 Å². The van der Waals surface area contributed by atoms with Crippen molar-refractivity contribution in [2.75, 3.05) is 0 Å². The molecule has 22 heavy (non-hydrogen) atoms. The number of hydrogen-bond donors (Lipinski definition) is 2. The average Bonchev–Trinajstić information content (AvgIpc) is 3.05. The van der Waals surface area contributed by atoms with Crippen LogP contribution in [0.3, 0.4) is 0 Å². The van der Waals surface area contributed by atoms with Crippen molar-refractivity contribution in [2.45, 2.75) is 0 Å². The zero-order chi connectivity index (χ0) is 15.5.